The highest BCUT2D eigenvalue weighted by molar-refractivity contribution is 5.94. The van der Waals surface area contributed by atoms with E-state index >= 15 is 0 Å². The average molecular weight is 522 g/mol. The fraction of sp³-hybridized carbons (Fsp3) is 0.533. The Labute approximate surface area is 226 Å². The Bertz CT molecular complexity index is 1150. The van der Waals surface area contributed by atoms with E-state index < -0.39 is 0 Å². The minimum atomic E-state index is -0.262. The number of pyridine rings is 1. The van der Waals surface area contributed by atoms with Crippen LogP contribution in [-0.4, -0.2) is 73.8 Å². The predicted octanol–water partition coefficient (Wildman–Crippen LogP) is 2.73. The summed E-state index contributed by atoms with van der Waals surface area (Å²) in [6.07, 6.45) is 8.39. The standard InChI is InChI=1S/C30H41N4O4/c1-5-6-14-34(25-8-7-13-31(3)18-25)30(37)20-33-19-26(23-9-10-29-24(17-23)12-16-38-29)27(21-35)28(33)11-15-32(4)22(2)36/h7-10,13,17-18,21,26-28H,5-6,11-12,14-16,19-20H2,1-4H3/q+1/t26-,27-,28+/m1/s1. The summed E-state index contributed by atoms with van der Waals surface area (Å²) in [7, 11) is 3.73. The number of aldehydes is 1. The second-order valence-corrected chi connectivity index (χ2v) is 10.6. The molecule has 0 N–H and O–H groups in total. The van der Waals surface area contributed by atoms with E-state index in [-0.39, 0.29) is 36.2 Å². The Morgan fingerprint density at radius 1 is 1.24 bits per heavy atom. The van der Waals surface area contributed by atoms with Crippen LogP contribution in [0.4, 0.5) is 5.69 Å². The van der Waals surface area contributed by atoms with Crippen LogP contribution in [-0.2, 0) is 27.9 Å². The SMILES string of the molecule is CCCCN(C(=O)CN1C[C@H](c2ccc3c(c2)CCO3)[C@@H](C=O)[C@@H]1CCN(C)C(C)=O)c1ccc[n+](C)c1. The van der Waals surface area contributed by atoms with Gasteiger partial charge in [0, 0.05) is 64.0 Å². The smallest absolute Gasteiger partial charge is 0.241 e. The monoisotopic (exact) mass is 521 g/mol. The Morgan fingerprint density at radius 2 is 2.05 bits per heavy atom. The largest absolute Gasteiger partial charge is 0.493 e. The highest BCUT2D eigenvalue weighted by atomic mass is 16.5. The van der Waals surface area contributed by atoms with Crippen molar-refractivity contribution in [1.82, 2.24) is 9.80 Å². The first-order chi connectivity index (χ1) is 18.3. The zero-order valence-corrected chi connectivity index (χ0v) is 23.1. The van der Waals surface area contributed by atoms with Crippen LogP contribution in [0.1, 0.15) is 50.2 Å². The maximum absolute atomic E-state index is 13.8. The first-order valence-corrected chi connectivity index (χ1v) is 13.7. The Kier molecular flexibility index (Phi) is 9.15. The fourth-order valence-electron chi connectivity index (χ4n) is 5.72. The third-order valence-corrected chi connectivity index (χ3v) is 8.02. The van der Waals surface area contributed by atoms with Crippen LogP contribution >= 0.6 is 0 Å². The second kappa shape index (κ2) is 12.5. The van der Waals surface area contributed by atoms with Gasteiger partial charge in [0.05, 0.1) is 13.2 Å². The van der Waals surface area contributed by atoms with Gasteiger partial charge in [0.1, 0.15) is 24.8 Å². The molecule has 0 spiro atoms. The van der Waals surface area contributed by atoms with Crippen LogP contribution in [0.25, 0.3) is 0 Å². The van der Waals surface area contributed by atoms with Crippen LogP contribution in [0, 0.1) is 5.92 Å². The molecule has 1 aromatic carbocycles. The summed E-state index contributed by atoms with van der Waals surface area (Å²) in [4.78, 5) is 44.0. The van der Waals surface area contributed by atoms with Gasteiger partial charge in [-0.2, -0.15) is 0 Å². The molecule has 8 heteroatoms. The molecule has 1 aromatic heterocycles. The lowest BCUT2D eigenvalue weighted by molar-refractivity contribution is -0.670. The van der Waals surface area contributed by atoms with Gasteiger partial charge in [0.15, 0.2) is 12.4 Å². The zero-order chi connectivity index (χ0) is 27.2. The molecule has 8 nitrogen and oxygen atoms in total. The van der Waals surface area contributed by atoms with Crippen molar-refractivity contribution in [2.45, 2.75) is 51.5 Å². The zero-order valence-electron chi connectivity index (χ0n) is 23.1. The van der Waals surface area contributed by atoms with E-state index in [9.17, 15) is 14.4 Å². The molecule has 1 fully saturated rings. The number of anilines is 1. The molecule has 0 saturated carbocycles. The topological polar surface area (TPSA) is 74.0 Å². The number of aryl methyl sites for hydroxylation is 1. The van der Waals surface area contributed by atoms with Gasteiger partial charge in [0.25, 0.3) is 0 Å². The number of benzene rings is 1. The van der Waals surface area contributed by atoms with E-state index in [2.05, 4.69) is 24.0 Å². The molecule has 2 aromatic rings. The molecule has 3 atom stereocenters. The van der Waals surface area contributed by atoms with E-state index in [0.29, 0.717) is 32.7 Å². The number of likely N-dealkylation sites (tertiary alicyclic amines) is 1. The molecule has 4 rings (SSSR count). The van der Waals surface area contributed by atoms with Gasteiger partial charge < -0.3 is 19.3 Å². The van der Waals surface area contributed by atoms with Crippen LogP contribution in [0.3, 0.4) is 0 Å². The van der Waals surface area contributed by atoms with Gasteiger partial charge in [-0.25, -0.2) is 4.57 Å². The summed E-state index contributed by atoms with van der Waals surface area (Å²) in [5.41, 5.74) is 3.17. The third kappa shape index (κ3) is 6.23. The molecule has 0 radical (unpaired) electrons. The number of amides is 2. The molecule has 1 saturated heterocycles. The van der Waals surface area contributed by atoms with Crippen molar-refractivity contribution in [1.29, 1.82) is 0 Å². The van der Waals surface area contributed by atoms with Crippen molar-refractivity contribution in [2.24, 2.45) is 13.0 Å². The van der Waals surface area contributed by atoms with Crippen molar-refractivity contribution >= 4 is 23.8 Å². The van der Waals surface area contributed by atoms with Gasteiger partial charge in [0.2, 0.25) is 11.8 Å². The molecule has 0 unspecified atom stereocenters. The average Bonchev–Trinajstić information content (AvgIpc) is 3.51. The quantitative estimate of drug-likeness (QED) is 0.336. The number of aromatic nitrogens is 1. The minimum absolute atomic E-state index is 0.00821. The Hall–Kier alpha value is -3.26. The van der Waals surface area contributed by atoms with Crippen molar-refractivity contribution in [2.75, 3.05) is 44.7 Å². The van der Waals surface area contributed by atoms with E-state index in [4.69, 9.17) is 4.74 Å². The highest BCUT2D eigenvalue weighted by Crippen LogP contribution is 2.40. The number of nitrogens with zero attached hydrogens (tertiary/aromatic N) is 4. The maximum Gasteiger partial charge on any atom is 0.241 e. The molecule has 38 heavy (non-hydrogen) atoms. The minimum Gasteiger partial charge on any atom is -0.493 e. The number of hydrogen-bond donors (Lipinski definition) is 0. The van der Waals surface area contributed by atoms with Crippen molar-refractivity contribution in [3.63, 3.8) is 0 Å². The third-order valence-electron chi connectivity index (χ3n) is 8.02. The summed E-state index contributed by atoms with van der Waals surface area (Å²) in [5.74, 6) is 0.664. The molecule has 2 aliphatic rings. The predicted molar refractivity (Wildman–Crippen MR) is 146 cm³/mol. The normalized spacial score (nSPS) is 20.6. The van der Waals surface area contributed by atoms with E-state index in [1.807, 2.05) is 47.1 Å². The van der Waals surface area contributed by atoms with Crippen LogP contribution < -0.4 is 14.2 Å². The molecule has 2 aliphatic heterocycles. The number of fused-ring (bicyclic) bond motifs is 1. The van der Waals surface area contributed by atoms with Crippen LogP contribution in [0.2, 0.25) is 0 Å². The molecule has 204 valence electrons. The molecule has 2 amide bonds. The van der Waals surface area contributed by atoms with Gasteiger partial charge in [-0.3, -0.25) is 14.5 Å². The van der Waals surface area contributed by atoms with Gasteiger partial charge in [-0.05, 0) is 36.1 Å². The summed E-state index contributed by atoms with van der Waals surface area (Å²) < 4.78 is 7.64. The number of rotatable bonds is 11. The van der Waals surface area contributed by atoms with Crippen molar-refractivity contribution in [3.8, 4) is 5.75 Å². The van der Waals surface area contributed by atoms with Gasteiger partial charge in [-0.15, -0.1) is 0 Å². The van der Waals surface area contributed by atoms with E-state index in [1.54, 1.807) is 18.9 Å². The summed E-state index contributed by atoms with van der Waals surface area (Å²) in [6.45, 7) is 6.39. The number of hydrogen-bond acceptors (Lipinski definition) is 5. The number of carbonyl (C=O) groups is 3. The molecule has 0 aliphatic carbocycles. The number of carbonyl (C=O) groups excluding carboxylic acids is 3. The van der Waals surface area contributed by atoms with Crippen molar-refractivity contribution in [3.05, 3.63) is 53.9 Å². The Balaban J connectivity index is 1.60. The molecular weight excluding hydrogens is 480 g/mol. The lowest BCUT2D eigenvalue weighted by Crippen LogP contribution is -2.45. The van der Waals surface area contributed by atoms with Gasteiger partial charge >= 0.3 is 0 Å². The second-order valence-electron chi connectivity index (χ2n) is 10.6. The number of unbranched alkanes of at least 4 members (excludes halogenated alkanes) is 1. The highest BCUT2D eigenvalue weighted by Gasteiger charge is 2.43. The first kappa shape index (κ1) is 27.8. The summed E-state index contributed by atoms with van der Waals surface area (Å²) in [6, 6.07) is 10.0. The van der Waals surface area contributed by atoms with E-state index in [0.717, 1.165) is 42.5 Å². The fourth-order valence-corrected chi connectivity index (χ4v) is 5.72. The Morgan fingerprint density at radius 3 is 2.76 bits per heavy atom. The lowest BCUT2D eigenvalue weighted by Gasteiger charge is -2.30. The maximum atomic E-state index is 13.8. The summed E-state index contributed by atoms with van der Waals surface area (Å²) in [5, 5.41) is 0. The van der Waals surface area contributed by atoms with Crippen LogP contribution in [0.5, 0.6) is 5.75 Å². The van der Waals surface area contributed by atoms with E-state index in [1.165, 1.54) is 5.56 Å². The molecule has 3 heterocycles. The van der Waals surface area contributed by atoms with Crippen molar-refractivity contribution < 1.29 is 23.7 Å². The lowest BCUT2D eigenvalue weighted by atomic mass is 9.84. The molecule has 0 bridgehead atoms. The first-order valence-electron chi connectivity index (χ1n) is 13.7. The van der Waals surface area contributed by atoms with Gasteiger partial charge in [-0.1, -0.05) is 25.5 Å². The summed E-state index contributed by atoms with van der Waals surface area (Å²) >= 11 is 0. The number of ether oxygens (including phenoxy) is 1. The molecular formula is C30H41N4O4+. The van der Waals surface area contributed by atoms with Crippen LogP contribution in [0.15, 0.2) is 42.7 Å².